The van der Waals surface area contributed by atoms with Crippen molar-refractivity contribution in [1.82, 2.24) is 10.3 Å². The van der Waals surface area contributed by atoms with E-state index in [9.17, 15) is 19.1 Å². The first kappa shape index (κ1) is 17.1. The smallest absolute Gasteiger partial charge is 0.256 e. The van der Waals surface area contributed by atoms with Crippen molar-refractivity contribution in [3.63, 3.8) is 0 Å². The summed E-state index contributed by atoms with van der Waals surface area (Å²) in [5.41, 5.74) is -0.531. The number of halogens is 1. The molecule has 1 aromatic carbocycles. The second-order valence-corrected chi connectivity index (χ2v) is 5.79. The van der Waals surface area contributed by atoms with Gasteiger partial charge in [-0.05, 0) is 37.5 Å². The lowest BCUT2D eigenvalue weighted by Crippen LogP contribution is -2.43. The van der Waals surface area contributed by atoms with Crippen LogP contribution in [0.4, 0.5) is 4.39 Å². The molecule has 2 rings (SSSR count). The van der Waals surface area contributed by atoms with Crippen molar-refractivity contribution in [2.45, 2.75) is 39.2 Å². The maximum atomic E-state index is 13.5. The SMILES string of the molecule is CCC(O)(CC)CNC(=O)c1c[nH]c2c(C)cc(F)cc2c1=O. The van der Waals surface area contributed by atoms with Gasteiger partial charge in [-0.15, -0.1) is 0 Å². The highest BCUT2D eigenvalue weighted by Crippen LogP contribution is 2.16. The van der Waals surface area contributed by atoms with E-state index < -0.39 is 22.8 Å². The van der Waals surface area contributed by atoms with Crippen LogP contribution in [-0.4, -0.2) is 28.1 Å². The van der Waals surface area contributed by atoms with E-state index >= 15 is 0 Å². The number of amides is 1. The monoisotopic (exact) mass is 320 g/mol. The zero-order valence-electron chi connectivity index (χ0n) is 13.5. The van der Waals surface area contributed by atoms with Gasteiger partial charge in [-0.3, -0.25) is 9.59 Å². The molecular weight excluding hydrogens is 299 g/mol. The lowest BCUT2D eigenvalue weighted by Gasteiger charge is -2.25. The van der Waals surface area contributed by atoms with Crippen LogP contribution in [0.5, 0.6) is 0 Å². The van der Waals surface area contributed by atoms with Crippen LogP contribution in [0.3, 0.4) is 0 Å². The number of carbonyl (C=O) groups is 1. The zero-order valence-corrected chi connectivity index (χ0v) is 13.5. The highest BCUT2D eigenvalue weighted by atomic mass is 19.1. The van der Waals surface area contributed by atoms with Crippen LogP contribution in [0.15, 0.2) is 23.1 Å². The summed E-state index contributed by atoms with van der Waals surface area (Å²) in [6.45, 7) is 5.39. The summed E-state index contributed by atoms with van der Waals surface area (Å²) < 4.78 is 13.5. The topological polar surface area (TPSA) is 82.2 Å². The van der Waals surface area contributed by atoms with Gasteiger partial charge < -0.3 is 15.4 Å². The number of hydrogen-bond acceptors (Lipinski definition) is 3. The second kappa shape index (κ2) is 6.50. The van der Waals surface area contributed by atoms with Crippen molar-refractivity contribution in [1.29, 1.82) is 0 Å². The van der Waals surface area contributed by atoms with E-state index in [0.717, 1.165) is 6.07 Å². The molecule has 124 valence electrons. The number of hydrogen-bond donors (Lipinski definition) is 3. The average Bonchev–Trinajstić information content (AvgIpc) is 2.53. The van der Waals surface area contributed by atoms with Gasteiger partial charge in [-0.1, -0.05) is 13.8 Å². The molecule has 2 aromatic rings. The van der Waals surface area contributed by atoms with Crippen LogP contribution in [0, 0.1) is 12.7 Å². The van der Waals surface area contributed by atoms with Gasteiger partial charge in [0.05, 0.1) is 11.1 Å². The van der Waals surface area contributed by atoms with Crippen molar-refractivity contribution in [3.8, 4) is 0 Å². The number of benzene rings is 1. The maximum absolute atomic E-state index is 13.5. The molecule has 0 aliphatic carbocycles. The third kappa shape index (κ3) is 3.42. The summed E-state index contributed by atoms with van der Waals surface area (Å²) in [5.74, 6) is -1.11. The van der Waals surface area contributed by atoms with E-state index in [1.807, 2.05) is 13.8 Å². The average molecular weight is 320 g/mol. The number of carbonyl (C=O) groups excluding carboxylic acids is 1. The molecule has 3 N–H and O–H groups in total. The molecule has 6 heteroatoms. The first-order chi connectivity index (χ1) is 10.8. The van der Waals surface area contributed by atoms with Gasteiger partial charge in [-0.25, -0.2) is 4.39 Å². The summed E-state index contributed by atoms with van der Waals surface area (Å²) in [6, 6.07) is 2.44. The van der Waals surface area contributed by atoms with Crippen LogP contribution < -0.4 is 10.7 Å². The van der Waals surface area contributed by atoms with Crippen LogP contribution >= 0.6 is 0 Å². The molecule has 5 nitrogen and oxygen atoms in total. The minimum absolute atomic E-state index is 0.0541. The normalized spacial score (nSPS) is 11.7. The van der Waals surface area contributed by atoms with E-state index in [1.54, 1.807) is 6.92 Å². The summed E-state index contributed by atoms with van der Waals surface area (Å²) in [7, 11) is 0. The number of aliphatic hydroxyl groups is 1. The number of aromatic nitrogens is 1. The molecule has 0 bridgehead atoms. The van der Waals surface area contributed by atoms with E-state index in [2.05, 4.69) is 10.3 Å². The first-order valence-electron chi connectivity index (χ1n) is 7.63. The van der Waals surface area contributed by atoms with Crippen LogP contribution in [0.1, 0.15) is 42.6 Å². The number of pyridine rings is 1. The van der Waals surface area contributed by atoms with Gasteiger partial charge in [0, 0.05) is 18.1 Å². The lowest BCUT2D eigenvalue weighted by atomic mass is 9.97. The molecule has 0 atom stereocenters. The summed E-state index contributed by atoms with van der Waals surface area (Å²) in [4.78, 5) is 27.5. The van der Waals surface area contributed by atoms with E-state index in [0.29, 0.717) is 23.9 Å². The second-order valence-electron chi connectivity index (χ2n) is 5.79. The lowest BCUT2D eigenvalue weighted by molar-refractivity contribution is 0.0314. The number of fused-ring (bicyclic) bond motifs is 1. The minimum Gasteiger partial charge on any atom is -0.388 e. The molecule has 0 saturated carbocycles. The molecule has 0 aliphatic heterocycles. The summed E-state index contributed by atoms with van der Waals surface area (Å²) >= 11 is 0. The molecule has 0 saturated heterocycles. The predicted octanol–water partition coefficient (Wildman–Crippen LogP) is 2.26. The molecule has 1 heterocycles. The molecular formula is C17H21FN2O3. The Kier molecular flexibility index (Phi) is 4.85. The summed E-state index contributed by atoms with van der Waals surface area (Å²) in [6.07, 6.45) is 2.30. The fourth-order valence-electron chi connectivity index (χ4n) is 2.48. The first-order valence-corrected chi connectivity index (χ1v) is 7.63. The Labute approximate surface area is 133 Å². The summed E-state index contributed by atoms with van der Waals surface area (Å²) in [5, 5.41) is 12.9. The van der Waals surface area contributed by atoms with Gasteiger partial charge in [0.15, 0.2) is 0 Å². The zero-order chi connectivity index (χ0) is 17.2. The Bertz CT molecular complexity index is 794. The van der Waals surface area contributed by atoms with Gasteiger partial charge in [0.25, 0.3) is 5.91 Å². The van der Waals surface area contributed by atoms with Gasteiger partial charge >= 0.3 is 0 Å². The van der Waals surface area contributed by atoms with Crippen LogP contribution in [-0.2, 0) is 0 Å². The van der Waals surface area contributed by atoms with Gasteiger partial charge in [0.2, 0.25) is 5.43 Å². The number of rotatable bonds is 5. The number of aryl methyl sites for hydroxylation is 1. The number of H-pyrrole nitrogens is 1. The fourth-order valence-corrected chi connectivity index (χ4v) is 2.48. The van der Waals surface area contributed by atoms with Crippen molar-refractivity contribution < 1.29 is 14.3 Å². The van der Waals surface area contributed by atoms with Crippen LogP contribution in [0.2, 0.25) is 0 Å². The molecule has 1 aromatic heterocycles. The molecule has 0 aliphatic rings. The molecule has 23 heavy (non-hydrogen) atoms. The Balaban J connectivity index is 2.35. The Morgan fingerprint density at radius 1 is 1.35 bits per heavy atom. The highest BCUT2D eigenvalue weighted by Gasteiger charge is 2.24. The van der Waals surface area contributed by atoms with Crippen molar-refractivity contribution >= 4 is 16.8 Å². The molecule has 0 fully saturated rings. The minimum atomic E-state index is -0.998. The third-order valence-electron chi connectivity index (χ3n) is 4.29. The van der Waals surface area contributed by atoms with E-state index in [-0.39, 0.29) is 17.5 Å². The quantitative estimate of drug-likeness (QED) is 0.790. The van der Waals surface area contributed by atoms with Crippen LogP contribution in [0.25, 0.3) is 10.9 Å². The standard InChI is InChI=1S/C17H21FN2O3/c1-4-17(23,5-2)9-20-16(22)13-8-19-14-10(3)6-11(18)7-12(14)15(13)21/h6-8,23H,4-5,9H2,1-3H3,(H,19,21)(H,20,22). The van der Waals surface area contributed by atoms with Gasteiger partial charge in [-0.2, -0.15) is 0 Å². The number of nitrogens with one attached hydrogen (secondary N) is 2. The maximum Gasteiger partial charge on any atom is 0.256 e. The van der Waals surface area contributed by atoms with E-state index in [4.69, 9.17) is 0 Å². The third-order valence-corrected chi connectivity index (χ3v) is 4.29. The largest absolute Gasteiger partial charge is 0.388 e. The van der Waals surface area contributed by atoms with Gasteiger partial charge in [0.1, 0.15) is 11.4 Å². The molecule has 1 amide bonds. The molecule has 0 radical (unpaired) electrons. The predicted molar refractivity (Wildman–Crippen MR) is 87.1 cm³/mol. The molecule has 0 spiro atoms. The Morgan fingerprint density at radius 3 is 2.61 bits per heavy atom. The van der Waals surface area contributed by atoms with Crippen molar-refractivity contribution in [2.24, 2.45) is 0 Å². The fraction of sp³-hybridized carbons (Fsp3) is 0.412. The Morgan fingerprint density at radius 2 is 2.00 bits per heavy atom. The molecule has 0 unspecified atom stereocenters. The Hall–Kier alpha value is -2.21. The van der Waals surface area contributed by atoms with Crippen molar-refractivity contribution in [3.05, 3.63) is 45.5 Å². The number of aromatic amines is 1. The van der Waals surface area contributed by atoms with E-state index in [1.165, 1.54) is 12.3 Å². The van der Waals surface area contributed by atoms with Crippen molar-refractivity contribution in [2.75, 3.05) is 6.54 Å². The highest BCUT2D eigenvalue weighted by molar-refractivity contribution is 5.97.